The average Bonchev–Trinajstić information content (AvgIpc) is 2.50. The van der Waals surface area contributed by atoms with E-state index in [9.17, 15) is 4.79 Å². The summed E-state index contributed by atoms with van der Waals surface area (Å²) < 4.78 is 9.81. The molecule has 0 aliphatic carbocycles. The maximum atomic E-state index is 11.2. The summed E-state index contributed by atoms with van der Waals surface area (Å²) >= 11 is 0. The van der Waals surface area contributed by atoms with Crippen LogP contribution in [0, 0.1) is 0 Å². The van der Waals surface area contributed by atoms with Crippen LogP contribution in [0.4, 0.5) is 0 Å². The molecule has 0 aliphatic heterocycles. The van der Waals surface area contributed by atoms with E-state index in [1.54, 1.807) is 7.11 Å². The number of ether oxygens (including phenoxy) is 2. The van der Waals surface area contributed by atoms with Crippen molar-refractivity contribution in [3.05, 3.63) is 35.4 Å². The molecule has 0 bridgehead atoms. The van der Waals surface area contributed by atoms with Crippen molar-refractivity contribution < 1.29 is 14.3 Å². The van der Waals surface area contributed by atoms with Gasteiger partial charge in [0.25, 0.3) is 0 Å². The molecule has 4 nitrogen and oxygen atoms in total. The van der Waals surface area contributed by atoms with E-state index >= 15 is 0 Å². The zero-order chi connectivity index (χ0) is 14.8. The van der Waals surface area contributed by atoms with Crippen LogP contribution in [0.15, 0.2) is 24.3 Å². The summed E-state index contributed by atoms with van der Waals surface area (Å²) in [4.78, 5) is 13.5. The van der Waals surface area contributed by atoms with E-state index in [1.165, 1.54) is 18.2 Å². The van der Waals surface area contributed by atoms with E-state index in [0.29, 0.717) is 19.6 Å². The van der Waals surface area contributed by atoms with E-state index in [1.807, 2.05) is 0 Å². The molecule has 1 rings (SSSR count). The zero-order valence-corrected chi connectivity index (χ0v) is 12.7. The molecule has 0 amide bonds. The Kier molecular flexibility index (Phi) is 7.92. The third-order valence-electron chi connectivity index (χ3n) is 3.31. The molecule has 4 heteroatoms. The Bertz CT molecular complexity index is 389. The van der Waals surface area contributed by atoms with Crippen molar-refractivity contribution in [2.24, 2.45) is 0 Å². The van der Waals surface area contributed by atoms with Gasteiger partial charge in [-0.25, -0.2) is 0 Å². The zero-order valence-electron chi connectivity index (χ0n) is 12.7. The Morgan fingerprint density at radius 3 is 2.30 bits per heavy atom. The summed E-state index contributed by atoms with van der Waals surface area (Å²) in [5.41, 5.74) is 2.59. The van der Waals surface area contributed by atoms with Gasteiger partial charge in [-0.1, -0.05) is 31.2 Å². The van der Waals surface area contributed by atoms with Crippen LogP contribution in [0.1, 0.15) is 24.5 Å². The molecule has 0 unspecified atom stereocenters. The second kappa shape index (κ2) is 9.50. The van der Waals surface area contributed by atoms with Crippen LogP contribution in [-0.2, 0) is 27.2 Å². The molecule has 0 saturated carbocycles. The predicted molar refractivity (Wildman–Crippen MR) is 79.6 cm³/mol. The monoisotopic (exact) mass is 279 g/mol. The van der Waals surface area contributed by atoms with Crippen molar-refractivity contribution >= 4 is 5.97 Å². The standard InChI is InChI=1S/C16H25NO3/c1-4-14-5-7-15(8-6-14)13-17(11-12-19-2)10-9-16(18)20-3/h5-8H,4,9-13H2,1-3H3. The molecule has 0 aromatic heterocycles. The first-order valence-corrected chi connectivity index (χ1v) is 7.05. The minimum absolute atomic E-state index is 0.172. The van der Waals surface area contributed by atoms with Gasteiger partial charge in [-0.15, -0.1) is 0 Å². The highest BCUT2D eigenvalue weighted by atomic mass is 16.5. The van der Waals surface area contributed by atoms with Gasteiger partial charge in [0, 0.05) is 26.7 Å². The fourth-order valence-electron chi connectivity index (χ4n) is 1.98. The molecular weight excluding hydrogens is 254 g/mol. The van der Waals surface area contributed by atoms with Crippen LogP contribution in [0.25, 0.3) is 0 Å². The van der Waals surface area contributed by atoms with Crippen molar-refractivity contribution in [3.63, 3.8) is 0 Å². The summed E-state index contributed by atoms with van der Waals surface area (Å²) in [5, 5.41) is 0. The highest BCUT2D eigenvalue weighted by molar-refractivity contribution is 5.69. The number of hydrogen-bond donors (Lipinski definition) is 0. The van der Waals surface area contributed by atoms with Gasteiger partial charge >= 0.3 is 5.97 Å². The van der Waals surface area contributed by atoms with E-state index in [4.69, 9.17) is 4.74 Å². The van der Waals surface area contributed by atoms with Gasteiger partial charge in [0.1, 0.15) is 0 Å². The van der Waals surface area contributed by atoms with E-state index in [2.05, 4.69) is 40.8 Å². The summed E-state index contributed by atoms with van der Waals surface area (Å²) in [6.45, 7) is 5.13. The number of methoxy groups -OCH3 is 2. The summed E-state index contributed by atoms with van der Waals surface area (Å²) in [5.74, 6) is -0.172. The molecule has 0 saturated heterocycles. The molecule has 0 radical (unpaired) electrons. The van der Waals surface area contributed by atoms with Crippen LogP contribution in [-0.4, -0.2) is 44.8 Å². The number of hydrogen-bond acceptors (Lipinski definition) is 4. The van der Waals surface area contributed by atoms with Crippen molar-refractivity contribution in [3.8, 4) is 0 Å². The van der Waals surface area contributed by atoms with E-state index in [0.717, 1.165) is 19.5 Å². The molecule has 0 fully saturated rings. The van der Waals surface area contributed by atoms with Crippen molar-refractivity contribution in [1.82, 2.24) is 4.90 Å². The number of carbonyl (C=O) groups is 1. The summed E-state index contributed by atoms with van der Waals surface area (Å²) in [7, 11) is 3.11. The van der Waals surface area contributed by atoms with Crippen molar-refractivity contribution in [2.75, 3.05) is 33.9 Å². The topological polar surface area (TPSA) is 38.8 Å². The van der Waals surface area contributed by atoms with E-state index < -0.39 is 0 Å². The van der Waals surface area contributed by atoms with Crippen LogP contribution >= 0.6 is 0 Å². The normalized spacial score (nSPS) is 10.8. The molecule has 1 aromatic rings. The highest BCUT2D eigenvalue weighted by Crippen LogP contribution is 2.09. The predicted octanol–water partition coefficient (Wildman–Crippen LogP) is 2.26. The fraction of sp³-hybridized carbons (Fsp3) is 0.562. The minimum Gasteiger partial charge on any atom is -0.469 e. The van der Waals surface area contributed by atoms with E-state index in [-0.39, 0.29) is 5.97 Å². The van der Waals surface area contributed by atoms with Crippen LogP contribution < -0.4 is 0 Å². The maximum absolute atomic E-state index is 11.2. The first kappa shape index (κ1) is 16.7. The molecule has 0 atom stereocenters. The van der Waals surface area contributed by atoms with Crippen LogP contribution in [0.3, 0.4) is 0 Å². The van der Waals surface area contributed by atoms with Gasteiger partial charge in [0.05, 0.1) is 20.1 Å². The minimum atomic E-state index is -0.172. The number of benzene rings is 1. The quantitative estimate of drug-likeness (QED) is 0.650. The Labute approximate surface area is 121 Å². The van der Waals surface area contributed by atoms with Gasteiger partial charge in [-0.05, 0) is 17.5 Å². The number of rotatable bonds is 9. The Morgan fingerprint density at radius 1 is 1.10 bits per heavy atom. The third kappa shape index (κ3) is 6.17. The first-order chi connectivity index (χ1) is 9.69. The Balaban J connectivity index is 2.55. The molecule has 0 aliphatic rings. The summed E-state index contributed by atoms with van der Waals surface area (Å²) in [6, 6.07) is 8.61. The van der Waals surface area contributed by atoms with Gasteiger partial charge in [0.2, 0.25) is 0 Å². The van der Waals surface area contributed by atoms with Gasteiger partial charge in [-0.3, -0.25) is 9.69 Å². The van der Waals surface area contributed by atoms with Crippen LogP contribution in [0.5, 0.6) is 0 Å². The fourth-order valence-corrected chi connectivity index (χ4v) is 1.98. The molecular formula is C16H25NO3. The second-order valence-corrected chi connectivity index (χ2v) is 4.77. The Morgan fingerprint density at radius 2 is 1.75 bits per heavy atom. The van der Waals surface area contributed by atoms with Gasteiger partial charge in [0.15, 0.2) is 0 Å². The number of carbonyl (C=O) groups excluding carboxylic acids is 1. The number of aryl methyl sites for hydroxylation is 1. The Hall–Kier alpha value is -1.39. The third-order valence-corrected chi connectivity index (χ3v) is 3.31. The van der Waals surface area contributed by atoms with Crippen molar-refractivity contribution in [1.29, 1.82) is 0 Å². The first-order valence-electron chi connectivity index (χ1n) is 7.05. The summed E-state index contributed by atoms with van der Waals surface area (Å²) in [6.07, 6.45) is 1.46. The highest BCUT2D eigenvalue weighted by Gasteiger charge is 2.09. The molecule has 0 N–H and O–H groups in total. The largest absolute Gasteiger partial charge is 0.469 e. The lowest BCUT2D eigenvalue weighted by Gasteiger charge is -2.21. The molecule has 0 heterocycles. The molecule has 1 aromatic carbocycles. The number of esters is 1. The second-order valence-electron chi connectivity index (χ2n) is 4.77. The average molecular weight is 279 g/mol. The van der Waals surface area contributed by atoms with Crippen molar-refractivity contribution in [2.45, 2.75) is 26.3 Å². The lowest BCUT2D eigenvalue weighted by atomic mass is 10.1. The number of nitrogens with zero attached hydrogens (tertiary/aromatic N) is 1. The smallest absolute Gasteiger partial charge is 0.306 e. The van der Waals surface area contributed by atoms with Gasteiger partial charge in [-0.2, -0.15) is 0 Å². The maximum Gasteiger partial charge on any atom is 0.306 e. The van der Waals surface area contributed by atoms with Gasteiger partial charge < -0.3 is 9.47 Å². The lowest BCUT2D eigenvalue weighted by Crippen LogP contribution is -2.29. The lowest BCUT2D eigenvalue weighted by molar-refractivity contribution is -0.141. The molecule has 20 heavy (non-hydrogen) atoms. The SMILES string of the molecule is CCc1ccc(CN(CCOC)CCC(=O)OC)cc1. The van der Waals surface area contributed by atoms with Crippen LogP contribution in [0.2, 0.25) is 0 Å². The molecule has 0 spiro atoms. The molecule has 112 valence electrons.